The number of rotatable bonds is 6. The van der Waals surface area contributed by atoms with Crippen molar-refractivity contribution in [3.8, 4) is 0 Å². The maximum Gasteiger partial charge on any atom is 0.258 e. The highest BCUT2D eigenvalue weighted by molar-refractivity contribution is 7.89. The Morgan fingerprint density at radius 1 is 1.06 bits per heavy atom. The van der Waals surface area contributed by atoms with Crippen molar-refractivity contribution >= 4 is 33.1 Å². The Balaban J connectivity index is 1.40. The standard InChI is InChI=1S/C25H26N4O4S/c1-29-14-4-5-16(29)12-13-27-34(32,33)17-10-8-15(9-11-17)23-21-20(25(31)28-23)22(26)18-6-2-3-7-19(18)24(21)30/h2-3,6-11,16,27H,4-5,12-14,26H2,1H3,(H,28,31). The minimum absolute atomic E-state index is 0.126. The van der Waals surface area contributed by atoms with Gasteiger partial charge in [-0.15, -0.1) is 0 Å². The number of amides is 1. The highest BCUT2D eigenvalue weighted by Gasteiger charge is 2.39. The summed E-state index contributed by atoms with van der Waals surface area (Å²) in [6, 6.07) is 13.4. The van der Waals surface area contributed by atoms with Crippen LogP contribution in [-0.4, -0.2) is 51.2 Å². The van der Waals surface area contributed by atoms with Crippen LogP contribution in [-0.2, 0) is 14.8 Å². The molecule has 1 unspecified atom stereocenters. The van der Waals surface area contributed by atoms with Crippen molar-refractivity contribution in [2.24, 2.45) is 5.73 Å². The molecule has 34 heavy (non-hydrogen) atoms. The molecular formula is C25H26N4O4S. The lowest BCUT2D eigenvalue weighted by molar-refractivity contribution is -0.115. The first-order valence-electron chi connectivity index (χ1n) is 11.3. The molecule has 8 nitrogen and oxygen atoms in total. The van der Waals surface area contributed by atoms with Crippen LogP contribution in [0.5, 0.6) is 0 Å². The molecule has 9 heteroatoms. The number of fused-ring (bicyclic) bond motifs is 2. The summed E-state index contributed by atoms with van der Waals surface area (Å²) in [4.78, 5) is 28.3. The van der Waals surface area contributed by atoms with Crippen molar-refractivity contribution in [3.05, 3.63) is 76.4 Å². The zero-order chi connectivity index (χ0) is 24.0. The molecule has 1 aliphatic carbocycles. The van der Waals surface area contributed by atoms with Crippen LogP contribution in [0.15, 0.2) is 64.6 Å². The third kappa shape index (κ3) is 3.75. The quantitative estimate of drug-likeness (QED) is 0.583. The first kappa shape index (κ1) is 22.5. The van der Waals surface area contributed by atoms with E-state index in [1.807, 2.05) is 0 Å². The molecule has 4 N–H and O–H groups in total. The number of hydrogen-bond acceptors (Lipinski definition) is 6. The Labute approximate surface area is 198 Å². The third-order valence-electron chi connectivity index (χ3n) is 6.82. The summed E-state index contributed by atoms with van der Waals surface area (Å²) in [5.74, 6) is -0.732. The summed E-state index contributed by atoms with van der Waals surface area (Å²) in [5, 5.41) is 2.75. The monoisotopic (exact) mass is 478 g/mol. The van der Waals surface area contributed by atoms with Gasteiger partial charge in [0.15, 0.2) is 5.78 Å². The third-order valence-corrected chi connectivity index (χ3v) is 8.30. The minimum atomic E-state index is -3.67. The Morgan fingerprint density at radius 2 is 1.76 bits per heavy atom. The molecule has 1 atom stereocenters. The highest BCUT2D eigenvalue weighted by Crippen LogP contribution is 2.39. The zero-order valence-electron chi connectivity index (χ0n) is 18.8. The van der Waals surface area contributed by atoms with Gasteiger partial charge >= 0.3 is 0 Å². The molecular weight excluding hydrogens is 452 g/mol. The largest absolute Gasteiger partial charge is 0.398 e. The van der Waals surface area contributed by atoms with Crippen molar-refractivity contribution in [3.63, 3.8) is 0 Å². The fourth-order valence-electron chi connectivity index (χ4n) is 4.95. The molecule has 176 valence electrons. The normalized spacial score (nSPS) is 20.6. The van der Waals surface area contributed by atoms with Gasteiger partial charge < -0.3 is 16.0 Å². The molecule has 0 saturated carbocycles. The van der Waals surface area contributed by atoms with E-state index in [-0.39, 0.29) is 27.5 Å². The van der Waals surface area contributed by atoms with E-state index >= 15 is 0 Å². The summed E-state index contributed by atoms with van der Waals surface area (Å²) in [6.45, 7) is 1.41. The van der Waals surface area contributed by atoms with Gasteiger partial charge in [-0.2, -0.15) is 0 Å². The summed E-state index contributed by atoms with van der Waals surface area (Å²) >= 11 is 0. The highest BCUT2D eigenvalue weighted by atomic mass is 32.2. The second kappa shape index (κ2) is 8.50. The number of nitrogens with zero attached hydrogens (tertiary/aromatic N) is 1. The van der Waals surface area contributed by atoms with E-state index in [9.17, 15) is 18.0 Å². The zero-order valence-corrected chi connectivity index (χ0v) is 19.6. The van der Waals surface area contributed by atoms with E-state index in [1.165, 1.54) is 12.1 Å². The summed E-state index contributed by atoms with van der Waals surface area (Å²) < 4.78 is 28.2. The number of ketones is 1. The number of hydrogen-bond donors (Lipinski definition) is 3. The number of carbonyl (C=O) groups is 2. The maximum atomic E-state index is 13.2. The number of likely N-dealkylation sites (tertiary alicyclic amines) is 1. The molecule has 5 rings (SSSR count). The van der Waals surface area contributed by atoms with Crippen LogP contribution in [0.4, 0.5) is 0 Å². The number of sulfonamides is 1. The Morgan fingerprint density at radius 3 is 2.44 bits per heavy atom. The lowest BCUT2D eigenvalue weighted by Gasteiger charge is -2.19. The lowest BCUT2D eigenvalue weighted by atomic mass is 9.84. The predicted molar refractivity (Wildman–Crippen MR) is 129 cm³/mol. The average molecular weight is 479 g/mol. The van der Waals surface area contributed by atoms with Gasteiger partial charge in [-0.05, 0) is 50.6 Å². The molecule has 2 aromatic carbocycles. The van der Waals surface area contributed by atoms with Crippen LogP contribution in [0.3, 0.4) is 0 Å². The fraction of sp³-hybridized carbons (Fsp3) is 0.280. The molecule has 0 radical (unpaired) electrons. The van der Waals surface area contributed by atoms with Crippen molar-refractivity contribution in [1.29, 1.82) is 0 Å². The van der Waals surface area contributed by atoms with Crippen LogP contribution >= 0.6 is 0 Å². The molecule has 1 amide bonds. The molecule has 2 aliphatic heterocycles. The summed E-state index contributed by atoms with van der Waals surface area (Å²) in [7, 11) is -1.61. The van der Waals surface area contributed by atoms with Gasteiger partial charge in [-0.3, -0.25) is 9.59 Å². The predicted octanol–water partition coefficient (Wildman–Crippen LogP) is 1.86. The van der Waals surface area contributed by atoms with Gasteiger partial charge in [0.2, 0.25) is 10.0 Å². The van der Waals surface area contributed by atoms with E-state index in [0.717, 1.165) is 25.8 Å². The fourth-order valence-corrected chi connectivity index (χ4v) is 6.00. The first-order chi connectivity index (χ1) is 16.3. The van der Waals surface area contributed by atoms with E-state index in [0.29, 0.717) is 35.0 Å². The van der Waals surface area contributed by atoms with Crippen molar-refractivity contribution in [2.45, 2.75) is 30.2 Å². The number of Topliss-reactive ketones (excluding diaryl/α,β-unsaturated/α-hetero) is 1. The van der Waals surface area contributed by atoms with Crippen LogP contribution in [0.25, 0.3) is 11.4 Å². The molecule has 0 aromatic heterocycles. The smallest absolute Gasteiger partial charge is 0.258 e. The summed E-state index contributed by atoms with van der Waals surface area (Å²) in [6.07, 6.45) is 2.98. The van der Waals surface area contributed by atoms with Crippen LogP contribution in [0, 0.1) is 0 Å². The Hall–Kier alpha value is -3.27. The first-order valence-corrected chi connectivity index (χ1v) is 12.8. The Kier molecular flexibility index (Phi) is 5.63. The van der Waals surface area contributed by atoms with Gasteiger partial charge in [-0.1, -0.05) is 36.4 Å². The van der Waals surface area contributed by atoms with E-state index < -0.39 is 15.9 Å². The molecule has 3 aliphatic rings. The van der Waals surface area contributed by atoms with E-state index in [2.05, 4.69) is 22.0 Å². The second-order valence-corrected chi connectivity index (χ2v) is 10.6. The maximum absolute atomic E-state index is 13.2. The number of carbonyl (C=O) groups excluding carboxylic acids is 2. The number of nitrogens with two attached hydrogens (primary N) is 1. The molecule has 1 fully saturated rings. The topological polar surface area (TPSA) is 122 Å². The van der Waals surface area contributed by atoms with Gasteiger partial charge in [0, 0.05) is 23.7 Å². The van der Waals surface area contributed by atoms with E-state index in [1.54, 1.807) is 36.4 Å². The minimum Gasteiger partial charge on any atom is -0.398 e. The van der Waals surface area contributed by atoms with Gasteiger partial charge in [-0.25, -0.2) is 13.1 Å². The van der Waals surface area contributed by atoms with Crippen molar-refractivity contribution in [1.82, 2.24) is 14.9 Å². The average Bonchev–Trinajstić information content (AvgIpc) is 3.40. The second-order valence-electron chi connectivity index (χ2n) is 8.85. The number of nitrogens with one attached hydrogen (secondary N) is 2. The Bertz CT molecular complexity index is 1360. The summed E-state index contributed by atoms with van der Waals surface area (Å²) in [5.41, 5.74) is 8.73. The van der Waals surface area contributed by atoms with Gasteiger partial charge in [0.05, 0.1) is 27.4 Å². The van der Waals surface area contributed by atoms with Crippen molar-refractivity contribution in [2.75, 3.05) is 20.1 Å². The molecule has 0 bridgehead atoms. The van der Waals surface area contributed by atoms with Crippen LogP contribution in [0.2, 0.25) is 0 Å². The van der Waals surface area contributed by atoms with Crippen molar-refractivity contribution < 1.29 is 18.0 Å². The van der Waals surface area contributed by atoms with Gasteiger partial charge in [0.25, 0.3) is 5.91 Å². The SMILES string of the molecule is CN1CCCC1CCNS(=O)(=O)c1ccc(C2=C3C(=O)c4ccccc4C(N)=C3C(=O)N2)cc1. The van der Waals surface area contributed by atoms with E-state index in [4.69, 9.17) is 5.73 Å². The molecule has 1 saturated heterocycles. The molecule has 2 heterocycles. The lowest BCUT2D eigenvalue weighted by Crippen LogP contribution is -2.31. The van der Waals surface area contributed by atoms with Gasteiger partial charge in [0.1, 0.15) is 0 Å². The molecule has 0 spiro atoms. The number of benzene rings is 2. The van der Waals surface area contributed by atoms with Crippen LogP contribution in [0.1, 0.15) is 40.7 Å². The van der Waals surface area contributed by atoms with Crippen LogP contribution < -0.4 is 15.8 Å². The molecule has 2 aromatic rings.